The van der Waals surface area contributed by atoms with Gasteiger partial charge in [0, 0.05) is 13.6 Å². The molecule has 1 amide bonds. The van der Waals surface area contributed by atoms with Crippen LogP contribution in [-0.2, 0) is 7.05 Å². The third-order valence-corrected chi connectivity index (χ3v) is 2.82. The first kappa shape index (κ1) is 14.0. The maximum Gasteiger partial charge on any atom is 0.270 e. The van der Waals surface area contributed by atoms with Gasteiger partial charge in [0.15, 0.2) is 5.82 Å². The van der Waals surface area contributed by atoms with E-state index in [1.807, 2.05) is 27.0 Å². The number of carbonyl (C=O) groups excluding carboxylic acids is 1. The van der Waals surface area contributed by atoms with Gasteiger partial charge in [0.05, 0.1) is 6.04 Å². The zero-order valence-electron chi connectivity index (χ0n) is 11.8. The summed E-state index contributed by atoms with van der Waals surface area (Å²) in [5.74, 6) is 1.15. The molecule has 20 heavy (non-hydrogen) atoms. The molecule has 2 N–H and O–H groups in total. The lowest BCUT2D eigenvalue weighted by Crippen LogP contribution is -2.29. The largest absolute Gasteiger partial charge is 0.370 e. The first-order valence-corrected chi connectivity index (χ1v) is 6.47. The molecule has 0 aromatic carbocycles. The van der Waals surface area contributed by atoms with Crippen LogP contribution in [0.15, 0.2) is 24.5 Å². The van der Waals surface area contributed by atoms with Crippen LogP contribution in [0.5, 0.6) is 0 Å². The summed E-state index contributed by atoms with van der Waals surface area (Å²) in [6.07, 6.45) is 1.60. The van der Waals surface area contributed by atoms with Crippen molar-refractivity contribution in [3.05, 3.63) is 36.0 Å². The molecule has 2 rings (SSSR count). The number of aromatic nitrogens is 4. The predicted octanol–water partition coefficient (Wildman–Crippen LogP) is 1.13. The summed E-state index contributed by atoms with van der Waals surface area (Å²) in [5.41, 5.74) is 0.373. The number of pyridine rings is 1. The van der Waals surface area contributed by atoms with Gasteiger partial charge in [-0.25, -0.2) is 4.98 Å². The Morgan fingerprint density at radius 3 is 2.90 bits per heavy atom. The van der Waals surface area contributed by atoms with Gasteiger partial charge in [-0.15, -0.1) is 10.2 Å². The second kappa shape index (κ2) is 6.14. The highest BCUT2D eigenvalue weighted by Crippen LogP contribution is 2.10. The molecule has 7 heteroatoms. The van der Waals surface area contributed by atoms with Crippen molar-refractivity contribution in [2.75, 3.05) is 11.9 Å². The van der Waals surface area contributed by atoms with Crippen LogP contribution in [-0.4, -0.2) is 32.2 Å². The Morgan fingerprint density at radius 2 is 2.25 bits per heavy atom. The fraction of sp³-hybridized carbons (Fsp3) is 0.385. The quantitative estimate of drug-likeness (QED) is 0.854. The Kier molecular flexibility index (Phi) is 4.29. The van der Waals surface area contributed by atoms with Crippen LogP contribution in [0.3, 0.4) is 0 Å². The number of hydrogen-bond acceptors (Lipinski definition) is 5. The molecule has 0 aliphatic rings. The standard InChI is InChI=1S/C13H18N6O/c1-4-14-11-7-5-6-10(17-11)13(20)16-9(2)12-18-15-8-19(12)3/h5-9H,4H2,1-3H3,(H,14,17)(H,16,20). The van der Waals surface area contributed by atoms with Crippen molar-refractivity contribution in [1.29, 1.82) is 0 Å². The summed E-state index contributed by atoms with van der Waals surface area (Å²) in [5, 5.41) is 13.7. The van der Waals surface area contributed by atoms with Crippen molar-refractivity contribution in [3.8, 4) is 0 Å². The van der Waals surface area contributed by atoms with Gasteiger partial charge in [-0.3, -0.25) is 4.79 Å². The minimum atomic E-state index is -0.236. The van der Waals surface area contributed by atoms with Crippen molar-refractivity contribution < 1.29 is 4.79 Å². The highest BCUT2D eigenvalue weighted by Gasteiger charge is 2.16. The normalized spacial score (nSPS) is 11.9. The van der Waals surface area contributed by atoms with Crippen LogP contribution in [0.1, 0.15) is 36.2 Å². The first-order chi connectivity index (χ1) is 9.61. The van der Waals surface area contributed by atoms with Crippen LogP contribution in [0, 0.1) is 0 Å². The Hall–Kier alpha value is -2.44. The van der Waals surface area contributed by atoms with Crippen LogP contribution < -0.4 is 10.6 Å². The average molecular weight is 274 g/mol. The van der Waals surface area contributed by atoms with Gasteiger partial charge in [-0.2, -0.15) is 0 Å². The maximum absolute atomic E-state index is 12.2. The fourth-order valence-corrected chi connectivity index (χ4v) is 1.86. The molecule has 2 aromatic rings. The molecule has 0 fully saturated rings. The van der Waals surface area contributed by atoms with E-state index >= 15 is 0 Å². The lowest BCUT2D eigenvalue weighted by molar-refractivity contribution is 0.0933. The number of carbonyl (C=O) groups is 1. The van der Waals surface area contributed by atoms with Crippen molar-refractivity contribution in [1.82, 2.24) is 25.1 Å². The zero-order valence-corrected chi connectivity index (χ0v) is 11.8. The van der Waals surface area contributed by atoms with E-state index in [-0.39, 0.29) is 11.9 Å². The fourth-order valence-electron chi connectivity index (χ4n) is 1.86. The Morgan fingerprint density at radius 1 is 1.45 bits per heavy atom. The predicted molar refractivity (Wildman–Crippen MR) is 75.3 cm³/mol. The third-order valence-electron chi connectivity index (χ3n) is 2.82. The number of nitrogens with zero attached hydrogens (tertiary/aromatic N) is 4. The second-order valence-corrected chi connectivity index (χ2v) is 4.43. The summed E-state index contributed by atoms with van der Waals surface area (Å²) in [6.45, 7) is 4.59. The van der Waals surface area contributed by atoms with E-state index in [9.17, 15) is 4.79 Å². The Balaban J connectivity index is 2.08. The van der Waals surface area contributed by atoms with E-state index < -0.39 is 0 Å². The SMILES string of the molecule is CCNc1cccc(C(=O)NC(C)c2nncn2C)n1. The molecule has 106 valence electrons. The van der Waals surface area contributed by atoms with Gasteiger partial charge in [-0.05, 0) is 26.0 Å². The number of hydrogen-bond donors (Lipinski definition) is 2. The molecule has 0 saturated heterocycles. The average Bonchev–Trinajstić information content (AvgIpc) is 2.86. The number of amides is 1. The number of anilines is 1. The lowest BCUT2D eigenvalue weighted by atomic mass is 10.2. The summed E-state index contributed by atoms with van der Waals surface area (Å²) >= 11 is 0. The minimum Gasteiger partial charge on any atom is -0.370 e. The molecule has 2 heterocycles. The Labute approximate surface area is 117 Å². The number of nitrogens with one attached hydrogen (secondary N) is 2. The third kappa shape index (κ3) is 3.11. The van der Waals surface area contributed by atoms with Gasteiger partial charge >= 0.3 is 0 Å². The van der Waals surface area contributed by atoms with Crippen molar-refractivity contribution in [2.45, 2.75) is 19.9 Å². The highest BCUT2D eigenvalue weighted by molar-refractivity contribution is 5.92. The van der Waals surface area contributed by atoms with Gasteiger partial charge in [0.1, 0.15) is 17.8 Å². The minimum absolute atomic E-state index is 0.236. The second-order valence-electron chi connectivity index (χ2n) is 4.43. The molecule has 2 aromatic heterocycles. The van der Waals surface area contributed by atoms with Crippen LogP contribution in [0.25, 0.3) is 0 Å². The molecular formula is C13H18N6O. The van der Waals surface area contributed by atoms with E-state index in [2.05, 4.69) is 25.8 Å². The van der Waals surface area contributed by atoms with Gasteiger partial charge in [-0.1, -0.05) is 6.07 Å². The molecule has 0 spiro atoms. The highest BCUT2D eigenvalue weighted by atomic mass is 16.1. The molecular weight excluding hydrogens is 256 g/mol. The monoisotopic (exact) mass is 274 g/mol. The van der Waals surface area contributed by atoms with Crippen LogP contribution in [0.2, 0.25) is 0 Å². The van der Waals surface area contributed by atoms with Gasteiger partial charge in [0.25, 0.3) is 5.91 Å². The van der Waals surface area contributed by atoms with E-state index in [0.29, 0.717) is 17.3 Å². The Bertz CT molecular complexity index is 594. The van der Waals surface area contributed by atoms with Gasteiger partial charge in [0.2, 0.25) is 0 Å². The molecule has 1 unspecified atom stereocenters. The number of aryl methyl sites for hydroxylation is 1. The lowest BCUT2D eigenvalue weighted by Gasteiger charge is -2.13. The van der Waals surface area contributed by atoms with Crippen molar-refractivity contribution >= 4 is 11.7 Å². The zero-order chi connectivity index (χ0) is 14.5. The molecule has 0 bridgehead atoms. The number of rotatable bonds is 5. The molecule has 7 nitrogen and oxygen atoms in total. The first-order valence-electron chi connectivity index (χ1n) is 6.47. The summed E-state index contributed by atoms with van der Waals surface area (Å²) in [7, 11) is 1.84. The van der Waals surface area contributed by atoms with Crippen molar-refractivity contribution in [3.63, 3.8) is 0 Å². The smallest absolute Gasteiger partial charge is 0.270 e. The maximum atomic E-state index is 12.2. The molecule has 1 atom stereocenters. The molecule has 0 saturated carbocycles. The van der Waals surface area contributed by atoms with Crippen LogP contribution >= 0.6 is 0 Å². The molecule has 0 aliphatic carbocycles. The summed E-state index contributed by atoms with van der Waals surface area (Å²) in [4.78, 5) is 16.4. The van der Waals surface area contributed by atoms with E-state index in [1.54, 1.807) is 23.0 Å². The van der Waals surface area contributed by atoms with E-state index in [1.165, 1.54) is 0 Å². The molecule has 0 radical (unpaired) electrons. The summed E-state index contributed by atoms with van der Waals surface area (Å²) in [6, 6.07) is 5.07. The van der Waals surface area contributed by atoms with Crippen molar-refractivity contribution in [2.24, 2.45) is 7.05 Å². The molecule has 0 aliphatic heterocycles. The van der Waals surface area contributed by atoms with E-state index in [0.717, 1.165) is 6.54 Å². The summed E-state index contributed by atoms with van der Waals surface area (Å²) < 4.78 is 1.77. The van der Waals surface area contributed by atoms with Gasteiger partial charge < -0.3 is 15.2 Å². The topological polar surface area (TPSA) is 84.7 Å². The van der Waals surface area contributed by atoms with E-state index in [4.69, 9.17) is 0 Å². The van der Waals surface area contributed by atoms with Crippen LogP contribution in [0.4, 0.5) is 5.82 Å².